The smallest absolute Gasteiger partial charge is 0.265 e. The highest BCUT2D eigenvalue weighted by molar-refractivity contribution is 5.93. The Hall–Kier alpha value is -1.65. The van der Waals surface area contributed by atoms with Gasteiger partial charge in [-0.2, -0.15) is 0 Å². The van der Waals surface area contributed by atoms with Crippen LogP contribution in [-0.4, -0.2) is 12.5 Å². The lowest BCUT2D eigenvalue weighted by Gasteiger charge is -2.05. The van der Waals surface area contributed by atoms with Crippen molar-refractivity contribution in [1.82, 2.24) is 5.43 Å². The van der Waals surface area contributed by atoms with Crippen molar-refractivity contribution in [3.63, 3.8) is 0 Å². The molecular formula is C13H18N2O2. The van der Waals surface area contributed by atoms with Gasteiger partial charge in [0.25, 0.3) is 5.91 Å². The van der Waals surface area contributed by atoms with Crippen molar-refractivity contribution in [2.45, 2.75) is 19.4 Å². The Labute approximate surface area is 101 Å². The molecule has 0 saturated heterocycles. The number of allylic oxidation sites excluding steroid dienone is 1. The predicted octanol–water partition coefficient (Wildman–Crippen LogP) is 1.77. The third-order valence-corrected chi connectivity index (χ3v) is 2.29. The number of rotatable bonds is 7. The van der Waals surface area contributed by atoms with E-state index in [1.807, 2.05) is 18.2 Å². The van der Waals surface area contributed by atoms with Gasteiger partial charge in [-0.3, -0.25) is 10.2 Å². The number of amides is 1. The number of carbonyl (C=O) groups excluding carboxylic acids is 1. The molecule has 0 aliphatic carbocycles. The zero-order chi connectivity index (χ0) is 12.5. The highest BCUT2D eigenvalue weighted by atomic mass is 16.5. The SMILES string of the molecule is C=CCCCOCc1cccc(C(=O)NN)c1. The van der Waals surface area contributed by atoms with Crippen LogP contribution in [0.5, 0.6) is 0 Å². The Morgan fingerprint density at radius 3 is 3.06 bits per heavy atom. The van der Waals surface area contributed by atoms with Gasteiger partial charge in [-0.25, -0.2) is 5.84 Å². The van der Waals surface area contributed by atoms with Crippen molar-refractivity contribution in [2.75, 3.05) is 6.61 Å². The van der Waals surface area contributed by atoms with Crippen LogP contribution in [0.4, 0.5) is 0 Å². The van der Waals surface area contributed by atoms with E-state index >= 15 is 0 Å². The monoisotopic (exact) mass is 234 g/mol. The minimum atomic E-state index is -0.293. The normalized spacial score (nSPS) is 9.94. The molecule has 0 aliphatic heterocycles. The third kappa shape index (κ3) is 4.80. The van der Waals surface area contributed by atoms with Crippen LogP contribution in [0.15, 0.2) is 36.9 Å². The second-order valence-electron chi connectivity index (χ2n) is 3.66. The van der Waals surface area contributed by atoms with Gasteiger partial charge in [-0.15, -0.1) is 6.58 Å². The molecule has 3 N–H and O–H groups in total. The first-order chi connectivity index (χ1) is 8.27. The molecule has 0 fully saturated rings. The van der Waals surface area contributed by atoms with E-state index in [1.54, 1.807) is 12.1 Å². The molecule has 1 aromatic rings. The summed E-state index contributed by atoms with van der Waals surface area (Å²) < 4.78 is 5.48. The molecule has 0 heterocycles. The molecule has 0 aliphatic rings. The molecule has 17 heavy (non-hydrogen) atoms. The topological polar surface area (TPSA) is 64.3 Å². The summed E-state index contributed by atoms with van der Waals surface area (Å²) in [5.74, 6) is 4.78. The van der Waals surface area contributed by atoms with E-state index in [1.165, 1.54) is 0 Å². The van der Waals surface area contributed by atoms with Crippen molar-refractivity contribution < 1.29 is 9.53 Å². The maximum absolute atomic E-state index is 11.3. The number of nitrogens with one attached hydrogen (secondary N) is 1. The minimum Gasteiger partial charge on any atom is -0.377 e. The van der Waals surface area contributed by atoms with E-state index in [4.69, 9.17) is 10.6 Å². The number of carbonyl (C=O) groups is 1. The van der Waals surface area contributed by atoms with Crippen LogP contribution >= 0.6 is 0 Å². The number of nitrogens with two attached hydrogens (primary N) is 1. The van der Waals surface area contributed by atoms with Crippen LogP contribution < -0.4 is 11.3 Å². The van der Waals surface area contributed by atoms with Gasteiger partial charge in [0, 0.05) is 12.2 Å². The van der Waals surface area contributed by atoms with Crippen LogP contribution in [0.3, 0.4) is 0 Å². The highest BCUT2D eigenvalue weighted by Crippen LogP contribution is 2.07. The molecule has 0 saturated carbocycles. The van der Waals surface area contributed by atoms with Gasteiger partial charge >= 0.3 is 0 Å². The molecule has 0 atom stereocenters. The van der Waals surface area contributed by atoms with Gasteiger partial charge in [0.05, 0.1) is 6.61 Å². The number of benzene rings is 1. The molecule has 4 heteroatoms. The molecule has 4 nitrogen and oxygen atoms in total. The highest BCUT2D eigenvalue weighted by Gasteiger charge is 2.03. The molecule has 0 unspecified atom stereocenters. The van der Waals surface area contributed by atoms with E-state index in [9.17, 15) is 4.79 Å². The predicted molar refractivity (Wildman–Crippen MR) is 67.2 cm³/mol. The van der Waals surface area contributed by atoms with Crippen molar-refractivity contribution in [2.24, 2.45) is 5.84 Å². The summed E-state index contributed by atoms with van der Waals surface area (Å²) in [7, 11) is 0. The zero-order valence-corrected chi connectivity index (χ0v) is 9.82. The largest absolute Gasteiger partial charge is 0.377 e. The maximum Gasteiger partial charge on any atom is 0.265 e. The molecule has 1 rings (SSSR count). The lowest BCUT2D eigenvalue weighted by molar-refractivity contribution is 0.0952. The average Bonchev–Trinajstić information content (AvgIpc) is 2.38. The number of unbranched alkanes of at least 4 members (excludes halogenated alkanes) is 1. The molecular weight excluding hydrogens is 216 g/mol. The summed E-state index contributed by atoms with van der Waals surface area (Å²) in [4.78, 5) is 11.3. The van der Waals surface area contributed by atoms with Crippen LogP contribution in [0.2, 0.25) is 0 Å². The van der Waals surface area contributed by atoms with Crippen molar-refractivity contribution >= 4 is 5.91 Å². The summed E-state index contributed by atoms with van der Waals surface area (Å²) in [6, 6.07) is 7.22. The molecule has 92 valence electrons. The summed E-state index contributed by atoms with van der Waals surface area (Å²) in [6.07, 6.45) is 3.79. The Morgan fingerprint density at radius 1 is 1.53 bits per heavy atom. The van der Waals surface area contributed by atoms with E-state index in [0.717, 1.165) is 18.4 Å². The van der Waals surface area contributed by atoms with Gasteiger partial charge in [-0.1, -0.05) is 18.2 Å². The van der Waals surface area contributed by atoms with Crippen LogP contribution in [0, 0.1) is 0 Å². The minimum absolute atomic E-state index is 0.293. The molecule has 0 bridgehead atoms. The lowest BCUT2D eigenvalue weighted by atomic mass is 10.1. The fraction of sp³-hybridized carbons (Fsp3) is 0.308. The Kier molecular flexibility index (Phi) is 5.99. The quantitative estimate of drug-likeness (QED) is 0.248. The number of hydrazine groups is 1. The maximum atomic E-state index is 11.3. The molecule has 0 radical (unpaired) electrons. The summed E-state index contributed by atoms with van der Waals surface area (Å²) >= 11 is 0. The number of ether oxygens (including phenoxy) is 1. The summed E-state index contributed by atoms with van der Waals surface area (Å²) in [5.41, 5.74) is 3.61. The van der Waals surface area contributed by atoms with Gasteiger partial charge in [-0.05, 0) is 30.5 Å². The Morgan fingerprint density at radius 2 is 2.35 bits per heavy atom. The van der Waals surface area contributed by atoms with Crippen molar-refractivity contribution in [3.05, 3.63) is 48.0 Å². The Balaban J connectivity index is 2.43. The van der Waals surface area contributed by atoms with Crippen molar-refractivity contribution in [1.29, 1.82) is 0 Å². The zero-order valence-electron chi connectivity index (χ0n) is 9.82. The number of nitrogen functional groups attached to an aromatic ring is 1. The second kappa shape index (κ2) is 7.60. The molecule has 0 spiro atoms. The number of hydrogen-bond donors (Lipinski definition) is 2. The fourth-order valence-corrected chi connectivity index (χ4v) is 1.41. The van der Waals surface area contributed by atoms with E-state index in [2.05, 4.69) is 12.0 Å². The van der Waals surface area contributed by atoms with E-state index in [0.29, 0.717) is 18.8 Å². The lowest BCUT2D eigenvalue weighted by Crippen LogP contribution is -2.29. The first-order valence-electron chi connectivity index (χ1n) is 5.56. The summed E-state index contributed by atoms with van der Waals surface area (Å²) in [6.45, 7) is 4.84. The van der Waals surface area contributed by atoms with E-state index < -0.39 is 0 Å². The fourth-order valence-electron chi connectivity index (χ4n) is 1.41. The first kappa shape index (κ1) is 13.4. The first-order valence-corrected chi connectivity index (χ1v) is 5.56. The molecule has 1 aromatic carbocycles. The third-order valence-electron chi connectivity index (χ3n) is 2.29. The van der Waals surface area contributed by atoms with Gasteiger partial charge in [0.1, 0.15) is 0 Å². The Bertz CT molecular complexity index is 377. The molecule has 0 aromatic heterocycles. The number of hydrogen-bond acceptors (Lipinski definition) is 3. The van der Waals surface area contributed by atoms with Crippen LogP contribution in [-0.2, 0) is 11.3 Å². The van der Waals surface area contributed by atoms with Gasteiger partial charge in [0.2, 0.25) is 0 Å². The second-order valence-corrected chi connectivity index (χ2v) is 3.66. The van der Waals surface area contributed by atoms with Gasteiger partial charge < -0.3 is 4.74 Å². The van der Waals surface area contributed by atoms with Gasteiger partial charge in [0.15, 0.2) is 0 Å². The standard InChI is InChI=1S/C13H18N2O2/c1-2-3-4-8-17-10-11-6-5-7-12(9-11)13(16)15-14/h2,5-7,9H,1,3-4,8,10,14H2,(H,15,16). The molecule has 1 amide bonds. The van der Waals surface area contributed by atoms with Crippen LogP contribution in [0.1, 0.15) is 28.8 Å². The van der Waals surface area contributed by atoms with E-state index in [-0.39, 0.29) is 5.91 Å². The average molecular weight is 234 g/mol. The summed E-state index contributed by atoms with van der Waals surface area (Å²) in [5, 5.41) is 0. The van der Waals surface area contributed by atoms with Crippen LogP contribution in [0.25, 0.3) is 0 Å². The van der Waals surface area contributed by atoms with Crippen molar-refractivity contribution in [3.8, 4) is 0 Å².